The third-order valence-electron chi connectivity index (χ3n) is 3.37. The van der Waals surface area contributed by atoms with Gasteiger partial charge in [-0.1, -0.05) is 25.1 Å². The van der Waals surface area contributed by atoms with E-state index >= 15 is 0 Å². The van der Waals surface area contributed by atoms with Gasteiger partial charge in [0.25, 0.3) is 0 Å². The van der Waals surface area contributed by atoms with Crippen LogP contribution >= 0.6 is 11.6 Å². The van der Waals surface area contributed by atoms with Crippen LogP contribution in [0.15, 0.2) is 24.3 Å². The Morgan fingerprint density at radius 2 is 2.28 bits per heavy atom. The van der Waals surface area contributed by atoms with E-state index in [1.165, 1.54) is 0 Å². The van der Waals surface area contributed by atoms with Crippen LogP contribution in [-0.4, -0.2) is 18.6 Å². The fourth-order valence-electron chi connectivity index (χ4n) is 2.33. The molecule has 2 unspecified atom stereocenters. The SMILES string of the molecule is CCC1OCCC1C(=O)Nc1ccccc1CCl. The molecule has 1 heterocycles. The number of halogens is 1. The molecule has 1 saturated heterocycles. The summed E-state index contributed by atoms with van der Waals surface area (Å²) in [6, 6.07) is 7.62. The van der Waals surface area contributed by atoms with Crippen LogP contribution in [0.1, 0.15) is 25.3 Å². The van der Waals surface area contributed by atoms with Crippen LogP contribution in [0.25, 0.3) is 0 Å². The molecular formula is C14H18ClNO2. The lowest BCUT2D eigenvalue weighted by Gasteiger charge is -2.17. The zero-order valence-corrected chi connectivity index (χ0v) is 11.2. The smallest absolute Gasteiger partial charge is 0.230 e. The van der Waals surface area contributed by atoms with Crippen LogP contribution in [0.5, 0.6) is 0 Å². The molecule has 0 bridgehead atoms. The van der Waals surface area contributed by atoms with Crippen molar-refractivity contribution in [2.75, 3.05) is 11.9 Å². The summed E-state index contributed by atoms with van der Waals surface area (Å²) in [5, 5.41) is 2.96. The molecule has 4 heteroatoms. The van der Waals surface area contributed by atoms with Gasteiger partial charge in [0.05, 0.1) is 12.0 Å². The zero-order chi connectivity index (χ0) is 13.0. The number of carbonyl (C=O) groups excluding carboxylic acids is 1. The van der Waals surface area contributed by atoms with Crippen molar-refractivity contribution < 1.29 is 9.53 Å². The molecule has 2 rings (SSSR count). The van der Waals surface area contributed by atoms with E-state index in [1.807, 2.05) is 31.2 Å². The first kappa shape index (κ1) is 13.4. The van der Waals surface area contributed by atoms with Crippen LogP contribution in [0.3, 0.4) is 0 Å². The maximum absolute atomic E-state index is 12.2. The second-order valence-corrected chi connectivity index (χ2v) is 4.76. The molecule has 0 aromatic heterocycles. The number of anilines is 1. The fourth-order valence-corrected chi connectivity index (χ4v) is 2.57. The van der Waals surface area contributed by atoms with Gasteiger partial charge in [-0.3, -0.25) is 4.79 Å². The average molecular weight is 268 g/mol. The van der Waals surface area contributed by atoms with Crippen LogP contribution in [0.4, 0.5) is 5.69 Å². The minimum atomic E-state index is -0.0432. The van der Waals surface area contributed by atoms with Gasteiger partial charge in [-0.15, -0.1) is 11.6 Å². The lowest BCUT2D eigenvalue weighted by Crippen LogP contribution is -2.29. The molecule has 1 amide bonds. The number of benzene rings is 1. The predicted molar refractivity (Wildman–Crippen MR) is 72.8 cm³/mol. The molecule has 1 N–H and O–H groups in total. The second-order valence-electron chi connectivity index (χ2n) is 4.49. The highest BCUT2D eigenvalue weighted by Gasteiger charge is 2.32. The van der Waals surface area contributed by atoms with E-state index in [4.69, 9.17) is 16.3 Å². The van der Waals surface area contributed by atoms with Crippen LogP contribution < -0.4 is 5.32 Å². The third kappa shape index (κ3) is 2.85. The van der Waals surface area contributed by atoms with Gasteiger partial charge >= 0.3 is 0 Å². The van der Waals surface area contributed by atoms with Crippen molar-refractivity contribution in [2.45, 2.75) is 31.7 Å². The Bertz CT molecular complexity index is 422. The van der Waals surface area contributed by atoms with Crippen LogP contribution in [0, 0.1) is 5.92 Å². The Morgan fingerprint density at radius 3 is 3.00 bits per heavy atom. The number of amides is 1. The van der Waals surface area contributed by atoms with Gasteiger partial charge < -0.3 is 10.1 Å². The summed E-state index contributed by atoms with van der Waals surface area (Å²) in [5.74, 6) is 0.393. The second kappa shape index (κ2) is 6.21. The summed E-state index contributed by atoms with van der Waals surface area (Å²) < 4.78 is 5.54. The van der Waals surface area contributed by atoms with Crippen molar-refractivity contribution in [3.8, 4) is 0 Å². The van der Waals surface area contributed by atoms with E-state index in [0.29, 0.717) is 12.5 Å². The Kier molecular flexibility index (Phi) is 4.61. The number of hydrogen-bond donors (Lipinski definition) is 1. The van der Waals surface area contributed by atoms with Crippen molar-refractivity contribution in [3.63, 3.8) is 0 Å². The first-order valence-corrected chi connectivity index (χ1v) is 6.86. The summed E-state index contributed by atoms with van der Waals surface area (Å²) in [4.78, 5) is 12.2. The predicted octanol–water partition coefficient (Wildman–Crippen LogP) is 3.18. The van der Waals surface area contributed by atoms with E-state index in [-0.39, 0.29) is 17.9 Å². The van der Waals surface area contributed by atoms with E-state index in [0.717, 1.165) is 24.1 Å². The molecule has 2 atom stereocenters. The number of hydrogen-bond acceptors (Lipinski definition) is 2. The Morgan fingerprint density at radius 1 is 1.50 bits per heavy atom. The molecule has 98 valence electrons. The zero-order valence-electron chi connectivity index (χ0n) is 10.5. The average Bonchev–Trinajstić information content (AvgIpc) is 2.87. The highest BCUT2D eigenvalue weighted by Crippen LogP contribution is 2.26. The molecule has 0 saturated carbocycles. The largest absolute Gasteiger partial charge is 0.377 e. The monoisotopic (exact) mass is 267 g/mol. The van der Waals surface area contributed by atoms with Crippen molar-refractivity contribution >= 4 is 23.2 Å². The lowest BCUT2D eigenvalue weighted by atomic mass is 9.98. The number of carbonyl (C=O) groups is 1. The maximum Gasteiger partial charge on any atom is 0.230 e. The maximum atomic E-state index is 12.2. The number of nitrogens with one attached hydrogen (secondary N) is 1. The van der Waals surface area contributed by atoms with E-state index in [2.05, 4.69) is 5.32 Å². The van der Waals surface area contributed by atoms with Gasteiger partial charge in [-0.25, -0.2) is 0 Å². The molecule has 0 aliphatic carbocycles. The number of alkyl halides is 1. The van der Waals surface area contributed by atoms with Crippen molar-refractivity contribution in [2.24, 2.45) is 5.92 Å². The first-order valence-electron chi connectivity index (χ1n) is 6.32. The van der Waals surface area contributed by atoms with Gasteiger partial charge in [0.1, 0.15) is 0 Å². The molecule has 1 aromatic rings. The van der Waals surface area contributed by atoms with E-state index < -0.39 is 0 Å². The molecule has 1 aromatic carbocycles. The summed E-state index contributed by atoms with van der Waals surface area (Å²) in [5.41, 5.74) is 1.75. The minimum Gasteiger partial charge on any atom is -0.377 e. The fraction of sp³-hybridized carbons (Fsp3) is 0.500. The molecule has 18 heavy (non-hydrogen) atoms. The molecule has 0 spiro atoms. The lowest BCUT2D eigenvalue weighted by molar-refractivity contribution is -0.121. The summed E-state index contributed by atoms with van der Waals surface area (Å²) in [6.45, 7) is 2.72. The van der Waals surface area contributed by atoms with Gasteiger partial charge in [-0.2, -0.15) is 0 Å². The summed E-state index contributed by atoms with van der Waals surface area (Å²) in [7, 11) is 0. The third-order valence-corrected chi connectivity index (χ3v) is 3.66. The topological polar surface area (TPSA) is 38.3 Å². The number of para-hydroxylation sites is 1. The van der Waals surface area contributed by atoms with Crippen molar-refractivity contribution in [1.82, 2.24) is 0 Å². The molecule has 0 radical (unpaired) electrons. The van der Waals surface area contributed by atoms with Gasteiger partial charge in [0, 0.05) is 18.2 Å². The first-order chi connectivity index (χ1) is 8.76. The quantitative estimate of drug-likeness (QED) is 0.851. The summed E-state index contributed by atoms with van der Waals surface area (Å²) in [6.07, 6.45) is 1.72. The van der Waals surface area contributed by atoms with E-state index in [1.54, 1.807) is 0 Å². The van der Waals surface area contributed by atoms with Gasteiger partial charge in [-0.05, 0) is 24.5 Å². The molecule has 1 fully saturated rings. The number of rotatable bonds is 4. The normalized spacial score (nSPS) is 23.0. The molecular weight excluding hydrogens is 250 g/mol. The van der Waals surface area contributed by atoms with Crippen molar-refractivity contribution in [1.29, 1.82) is 0 Å². The Hall–Kier alpha value is -1.06. The Balaban J connectivity index is 2.07. The highest BCUT2D eigenvalue weighted by atomic mass is 35.5. The number of ether oxygens (including phenoxy) is 1. The van der Waals surface area contributed by atoms with E-state index in [9.17, 15) is 4.79 Å². The van der Waals surface area contributed by atoms with Crippen molar-refractivity contribution in [3.05, 3.63) is 29.8 Å². The van der Waals surface area contributed by atoms with Gasteiger partial charge in [0.2, 0.25) is 5.91 Å². The van der Waals surface area contributed by atoms with Crippen LogP contribution in [0.2, 0.25) is 0 Å². The van der Waals surface area contributed by atoms with Gasteiger partial charge in [0.15, 0.2) is 0 Å². The summed E-state index contributed by atoms with van der Waals surface area (Å²) >= 11 is 5.86. The Labute approximate surface area is 112 Å². The highest BCUT2D eigenvalue weighted by molar-refractivity contribution is 6.17. The standard InChI is InChI=1S/C14H18ClNO2/c1-2-13-11(7-8-18-13)14(17)16-12-6-4-3-5-10(12)9-15/h3-6,11,13H,2,7-9H2,1H3,(H,16,17). The molecule has 3 nitrogen and oxygen atoms in total. The molecule has 1 aliphatic rings. The van der Waals surface area contributed by atoms with Crippen LogP contribution in [-0.2, 0) is 15.4 Å². The minimum absolute atomic E-state index is 0.0388. The molecule has 1 aliphatic heterocycles.